The zero-order chi connectivity index (χ0) is 9.84. The van der Waals surface area contributed by atoms with Crippen LogP contribution in [-0.2, 0) is 9.47 Å². The van der Waals surface area contributed by atoms with Crippen LogP contribution in [0.5, 0.6) is 5.75 Å². The highest BCUT2D eigenvalue weighted by Crippen LogP contribution is 2.26. The molecule has 0 aliphatic heterocycles. The number of ether oxygens (including phenoxy) is 2. The molecule has 0 saturated heterocycles. The number of rotatable bonds is 3. The summed E-state index contributed by atoms with van der Waals surface area (Å²) in [7, 11) is 3.06. The quantitative estimate of drug-likeness (QED) is 0.420. The lowest BCUT2D eigenvalue weighted by atomic mass is 10.2. The number of hydrogen-bond donors (Lipinski definition) is 2. The van der Waals surface area contributed by atoms with E-state index in [-0.39, 0.29) is 5.75 Å². The average Bonchev–Trinajstić information content (AvgIpc) is 2.13. The van der Waals surface area contributed by atoms with E-state index in [4.69, 9.17) is 15.2 Å². The summed E-state index contributed by atoms with van der Waals surface area (Å²) in [5.41, 5.74) is 6.52. The molecule has 0 unspecified atom stereocenters. The number of nitrogen functional groups attached to an aromatic ring is 1. The summed E-state index contributed by atoms with van der Waals surface area (Å²) in [5, 5.41) is 9.30. The Morgan fingerprint density at radius 3 is 2.38 bits per heavy atom. The van der Waals surface area contributed by atoms with Crippen molar-refractivity contribution in [3.8, 4) is 5.75 Å². The molecular formula is C9H13NO3. The molecule has 1 aromatic carbocycles. The molecule has 0 saturated carbocycles. The van der Waals surface area contributed by atoms with Gasteiger partial charge in [0.2, 0.25) is 0 Å². The van der Waals surface area contributed by atoms with Crippen LogP contribution >= 0.6 is 0 Å². The average molecular weight is 183 g/mol. The highest BCUT2D eigenvalue weighted by atomic mass is 16.7. The first kappa shape index (κ1) is 9.83. The van der Waals surface area contributed by atoms with Crippen molar-refractivity contribution in [2.24, 2.45) is 0 Å². The Labute approximate surface area is 76.9 Å². The molecule has 4 nitrogen and oxygen atoms in total. The maximum absolute atomic E-state index is 9.30. The third kappa shape index (κ3) is 2.11. The standard InChI is InChI=1S/C9H13NO3/c1-12-9(13-2)6-3-4-7(10)8(11)5-6/h3-5,9,11H,10H2,1-2H3. The Kier molecular flexibility index (Phi) is 3.11. The van der Waals surface area contributed by atoms with Crippen LogP contribution in [0, 0.1) is 0 Å². The SMILES string of the molecule is COC(OC)c1ccc(N)c(O)c1. The monoisotopic (exact) mass is 183 g/mol. The summed E-state index contributed by atoms with van der Waals surface area (Å²) in [4.78, 5) is 0. The second-order valence-electron chi connectivity index (χ2n) is 2.62. The molecule has 1 aromatic rings. The van der Waals surface area contributed by atoms with Gasteiger partial charge >= 0.3 is 0 Å². The number of benzene rings is 1. The van der Waals surface area contributed by atoms with Crippen LogP contribution in [0.4, 0.5) is 5.69 Å². The van der Waals surface area contributed by atoms with Gasteiger partial charge in [-0.1, -0.05) is 6.07 Å². The van der Waals surface area contributed by atoms with E-state index >= 15 is 0 Å². The summed E-state index contributed by atoms with van der Waals surface area (Å²) in [5.74, 6) is 0.0385. The number of aromatic hydroxyl groups is 1. The first-order chi connectivity index (χ1) is 6.19. The van der Waals surface area contributed by atoms with Crippen molar-refractivity contribution in [1.29, 1.82) is 0 Å². The van der Waals surface area contributed by atoms with Gasteiger partial charge in [-0.15, -0.1) is 0 Å². The van der Waals surface area contributed by atoms with Gasteiger partial charge in [-0.05, 0) is 12.1 Å². The van der Waals surface area contributed by atoms with Gasteiger partial charge in [0.1, 0.15) is 5.75 Å². The minimum absolute atomic E-state index is 0.0385. The van der Waals surface area contributed by atoms with Crippen molar-refractivity contribution >= 4 is 5.69 Å². The van der Waals surface area contributed by atoms with Crippen LogP contribution in [0.15, 0.2) is 18.2 Å². The Morgan fingerprint density at radius 2 is 1.92 bits per heavy atom. The molecular weight excluding hydrogens is 170 g/mol. The number of phenolic OH excluding ortho intramolecular Hbond substituents is 1. The van der Waals surface area contributed by atoms with E-state index in [0.717, 1.165) is 5.56 Å². The van der Waals surface area contributed by atoms with E-state index in [9.17, 15) is 5.11 Å². The van der Waals surface area contributed by atoms with Gasteiger partial charge in [-0.25, -0.2) is 0 Å². The number of anilines is 1. The third-order valence-electron chi connectivity index (χ3n) is 1.75. The lowest BCUT2D eigenvalue weighted by Gasteiger charge is -2.13. The minimum Gasteiger partial charge on any atom is -0.506 e. The van der Waals surface area contributed by atoms with Crippen LogP contribution in [0.25, 0.3) is 0 Å². The number of methoxy groups -OCH3 is 2. The van der Waals surface area contributed by atoms with E-state index in [1.807, 2.05) is 0 Å². The van der Waals surface area contributed by atoms with Crippen LogP contribution in [0.3, 0.4) is 0 Å². The Bertz CT molecular complexity index is 284. The fourth-order valence-electron chi connectivity index (χ4n) is 1.08. The Morgan fingerprint density at radius 1 is 1.31 bits per heavy atom. The summed E-state index contributed by atoms with van der Waals surface area (Å²) >= 11 is 0. The molecule has 0 aromatic heterocycles. The summed E-state index contributed by atoms with van der Waals surface area (Å²) in [6.45, 7) is 0. The van der Waals surface area contributed by atoms with Crippen LogP contribution < -0.4 is 5.73 Å². The van der Waals surface area contributed by atoms with Crippen molar-refractivity contribution in [1.82, 2.24) is 0 Å². The number of nitrogens with two attached hydrogens (primary N) is 1. The van der Waals surface area contributed by atoms with E-state index in [1.165, 1.54) is 20.3 Å². The predicted molar refractivity (Wildman–Crippen MR) is 49.3 cm³/mol. The maximum Gasteiger partial charge on any atom is 0.183 e. The molecule has 3 N–H and O–H groups in total. The molecule has 0 aliphatic rings. The first-order valence-corrected chi connectivity index (χ1v) is 3.83. The molecule has 0 bridgehead atoms. The smallest absolute Gasteiger partial charge is 0.183 e. The highest BCUT2D eigenvalue weighted by molar-refractivity contribution is 5.53. The van der Waals surface area contributed by atoms with Gasteiger partial charge in [0.05, 0.1) is 5.69 Å². The molecule has 13 heavy (non-hydrogen) atoms. The van der Waals surface area contributed by atoms with E-state index in [0.29, 0.717) is 5.69 Å². The lowest BCUT2D eigenvalue weighted by Crippen LogP contribution is -2.03. The van der Waals surface area contributed by atoms with Gasteiger partial charge in [-0.2, -0.15) is 0 Å². The van der Waals surface area contributed by atoms with Gasteiger partial charge in [-0.3, -0.25) is 0 Å². The Hall–Kier alpha value is -1.26. The number of phenols is 1. The van der Waals surface area contributed by atoms with Gasteiger partial charge in [0.15, 0.2) is 6.29 Å². The minimum atomic E-state index is -0.466. The fourth-order valence-corrected chi connectivity index (χ4v) is 1.08. The topological polar surface area (TPSA) is 64.7 Å². The zero-order valence-corrected chi connectivity index (χ0v) is 7.65. The molecule has 0 aliphatic carbocycles. The molecule has 0 amide bonds. The van der Waals surface area contributed by atoms with Crippen molar-refractivity contribution in [3.63, 3.8) is 0 Å². The molecule has 0 heterocycles. The molecule has 4 heteroatoms. The van der Waals surface area contributed by atoms with Crippen LogP contribution in [0.2, 0.25) is 0 Å². The second kappa shape index (κ2) is 4.11. The largest absolute Gasteiger partial charge is 0.506 e. The van der Waals surface area contributed by atoms with E-state index < -0.39 is 6.29 Å². The fraction of sp³-hybridized carbons (Fsp3) is 0.333. The van der Waals surface area contributed by atoms with E-state index in [2.05, 4.69) is 0 Å². The molecule has 1 rings (SSSR count). The van der Waals surface area contributed by atoms with Gasteiger partial charge in [0, 0.05) is 19.8 Å². The van der Waals surface area contributed by atoms with Crippen molar-refractivity contribution < 1.29 is 14.6 Å². The van der Waals surface area contributed by atoms with Crippen molar-refractivity contribution in [2.75, 3.05) is 20.0 Å². The van der Waals surface area contributed by atoms with Gasteiger partial charge < -0.3 is 20.3 Å². The number of hydrogen-bond acceptors (Lipinski definition) is 4. The molecule has 0 fully saturated rings. The predicted octanol–water partition coefficient (Wildman–Crippen LogP) is 1.27. The van der Waals surface area contributed by atoms with Crippen molar-refractivity contribution in [3.05, 3.63) is 23.8 Å². The second-order valence-corrected chi connectivity index (χ2v) is 2.62. The molecule has 0 atom stereocenters. The molecule has 0 radical (unpaired) electrons. The summed E-state index contributed by atoms with van der Waals surface area (Å²) < 4.78 is 10.0. The molecule has 0 spiro atoms. The highest BCUT2D eigenvalue weighted by Gasteiger charge is 2.09. The first-order valence-electron chi connectivity index (χ1n) is 3.83. The third-order valence-corrected chi connectivity index (χ3v) is 1.75. The molecule has 72 valence electrons. The summed E-state index contributed by atoms with van der Waals surface area (Å²) in [6.07, 6.45) is -0.466. The van der Waals surface area contributed by atoms with Gasteiger partial charge in [0.25, 0.3) is 0 Å². The van der Waals surface area contributed by atoms with E-state index in [1.54, 1.807) is 12.1 Å². The normalized spacial score (nSPS) is 10.7. The zero-order valence-electron chi connectivity index (χ0n) is 7.65. The lowest BCUT2D eigenvalue weighted by molar-refractivity contribution is -0.106. The van der Waals surface area contributed by atoms with Crippen molar-refractivity contribution in [2.45, 2.75) is 6.29 Å². The Balaban J connectivity index is 2.95. The summed E-state index contributed by atoms with van der Waals surface area (Å²) in [6, 6.07) is 4.87. The van der Waals surface area contributed by atoms with Crippen LogP contribution in [0.1, 0.15) is 11.9 Å². The van der Waals surface area contributed by atoms with Crippen LogP contribution in [-0.4, -0.2) is 19.3 Å². The maximum atomic E-state index is 9.30.